The normalized spacial score (nSPS) is 21.3. The van der Waals surface area contributed by atoms with Gasteiger partial charge in [-0.25, -0.2) is 9.97 Å². The first-order chi connectivity index (χ1) is 14.6. The second-order valence-corrected chi connectivity index (χ2v) is 7.87. The standard InChI is InChI=1S/C21H22N6O3/c28-17-5-4-16(19(29)26-17)27-11-13-3-1-2-12(18(13)20(27)30)10-24-21-23-7-6-15(25-21)14-8-22-9-14/h1-3,6-7,14,16,22H,4-5,8-11H2,(H,23,24,25)(H,26,28,29). The number of nitrogens with one attached hydrogen (secondary N) is 3. The molecule has 2 fully saturated rings. The molecule has 4 heterocycles. The van der Waals surface area contributed by atoms with Crippen molar-refractivity contribution in [1.82, 2.24) is 25.5 Å². The Morgan fingerprint density at radius 2 is 2.03 bits per heavy atom. The molecule has 3 amide bonds. The number of hydrogen-bond acceptors (Lipinski definition) is 7. The van der Waals surface area contributed by atoms with Gasteiger partial charge in [0.15, 0.2) is 0 Å². The van der Waals surface area contributed by atoms with Gasteiger partial charge in [-0.05, 0) is 23.6 Å². The number of amides is 3. The van der Waals surface area contributed by atoms with Gasteiger partial charge in [-0.15, -0.1) is 0 Å². The maximum absolute atomic E-state index is 13.1. The van der Waals surface area contributed by atoms with Crippen molar-refractivity contribution in [2.24, 2.45) is 0 Å². The molecule has 9 heteroatoms. The summed E-state index contributed by atoms with van der Waals surface area (Å²) in [6.45, 7) is 2.63. The van der Waals surface area contributed by atoms with Crippen LogP contribution in [-0.4, -0.2) is 51.7 Å². The van der Waals surface area contributed by atoms with E-state index in [4.69, 9.17) is 0 Å². The number of fused-ring (bicyclic) bond motifs is 1. The van der Waals surface area contributed by atoms with E-state index in [1.165, 1.54) is 0 Å². The SMILES string of the molecule is O=C1CCC(N2Cc3cccc(CNc4nccc(C5CNC5)n4)c3C2=O)C(=O)N1. The van der Waals surface area contributed by atoms with Gasteiger partial charge in [0.05, 0.1) is 5.69 Å². The number of nitrogens with zero attached hydrogens (tertiary/aromatic N) is 3. The van der Waals surface area contributed by atoms with E-state index in [9.17, 15) is 14.4 Å². The third-order valence-corrected chi connectivity index (χ3v) is 5.95. The Balaban J connectivity index is 1.32. The largest absolute Gasteiger partial charge is 0.350 e. The van der Waals surface area contributed by atoms with Crippen molar-refractivity contribution in [3.63, 3.8) is 0 Å². The molecule has 3 aliphatic heterocycles. The van der Waals surface area contributed by atoms with Crippen molar-refractivity contribution in [3.05, 3.63) is 52.8 Å². The fourth-order valence-electron chi connectivity index (χ4n) is 4.19. The molecule has 5 rings (SSSR count). The highest BCUT2D eigenvalue weighted by molar-refractivity contribution is 6.06. The van der Waals surface area contributed by atoms with Crippen LogP contribution in [0.2, 0.25) is 0 Å². The predicted molar refractivity (Wildman–Crippen MR) is 107 cm³/mol. The molecule has 0 aliphatic carbocycles. The Morgan fingerprint density at radius 1 is 1.17 bits per heavy atom. The van der Waals surface area contributed by atoms with Gasteiger partial charge in [-0.2, -0.15) is 0 Å². The van der Waals surface area contributed by atoms with Crippen LogP contribution in [0, 0.1) is 0 Å². The summed E-state index contributed by atoms with van der Waals surface area (Å²) in [5.74, 6) is 0.0859. The van der Waals surface area contributed by atoms with Gasteiger partial charge >= 0.3 is 0 Å². The van der Waals surface area contributed by atoms with Crippen LogP contribution in [-0.2, 0) is 22.7 Å². The van der Waals surface area contributed by atoms with Gasteiger partial charge in [-0.1, -0.05) is 18.2 Å². The second-order valence-electron chi connectivity index (χ2n) is 7.87. The Kier molecular flexibility index (Phi) is 4.66. The summed E-state index contributed by atoms with van der Waals surface area (Å²) in [6, 6.07) is 7.03. The molecule has 9 nitrogen and oxygen atoms in total. The highest BCUT2D eigenvalue weighted by atomic mass is 16.2. The van der Waals surface area contributed by atoms with Crippen LogP contribution >= 0.6 is 0 Å². The summed E-state index contributed by atoms with van der Waals surface area (Å²) in [7, 11) is 0. The van der Waals surface area contributed by atoms with Crippen LogP contribution in [0.25, 0.3) is 0 Å². The molecule has 154 valence electrons. The molecule has 0 radical (unpaired) electrons. The van der Waals surface area contributed by atoms with Crippen LogP contribution in [0.3, 0.4) is 0 Å². The molecule has 0 bridgehead atoms. The molecule has 1 atom stereocenters. The number of carbonyl (C=O) groups excluding carboxylic acids is 3. The smallest absolute Gasteiger partial charge is 0.255 e. The van der Waals surface area contributed by atoms with E-state index in [1.807, 2.05) is 24.3 Å². The van der Waals surface area contributed by atoms with Crippen molar-refractivity contribution in [1.29, 1.82) is 0 Å². The predicted octanol–water partition coefficient (Wildman–Crippen LogP) is 0.537. The zero-order chi connectivity index (χ0) is 20.7. The van der Waals surface area contributed by atoms with Crippen LogP contribution in [0.4, 0.5) is 5.95 Å². The zero-order valence-corrected chi connectivity index (χ0v) is 16.4. The van der Waals surface area contributed by atoms with Crippen LogP contribution < -0.4 is 16.0 Å². The number of carbonyl (C=O) groups is 3. The van der Waals surface area contributed by atoms with Gasteiger partial charge in [0.1, 0.15) is 6.04 Å². The summed E-state index contributed by atoms with van der Waals surface area (Å²) in [5.41, 5.74) is 3.35. The second kappa shape index (κ2) is 7.49. The fourth-order valence-corrected chi connectivity index (χ4v) is 4.19. The lowest BCUT2D eigenvalue weighted by Gasteiger charge is -2.29. The fraction of sp³-hybridized carbons (Fsp3) is 0.381. The van der Waals surface area contributed by atoms with Crippen molar-refractivity contribution in [2.75, 3.05) is 18.4 Å². The topological polar surface area (TPSA) is 116 Å². The molecular formula is C21H22N6O3. The average Bonchev–Trinajstić information content (AvgIpc) is 3.02. The number of aromatic nitrogens is 2. The zero-order valence-electron chi connectivity index (χ0n) is 16.4. The van der Waals surface area contributed by atoms with E-state index in [1.54, 1.807) is 11.1 Å². The summed E-state index contributed by atoms with van der Waals surface area (Å²) in [6.07, 6.45) is 2.35. The number of hydrogen-bond donors (Lipinski definition) is 3. The molecule has 0 spiro atoms. The quantitative estimate of drug-likeness (QED) is 0.621. The molecule has 1 unspecified atom stereocenters. The summed E-state index contributed by atoms with van der Waals surface area (Å²) in [4.78, 5) is 47.3. The molecule has 3 N–H and O–H groups in total. The van der Waals surface area contributed by atoms with Crippen molar-refractivity contribution in [2.45, 2.75) is 37.9 Å². The van der Waals surface area contributed by atoms with Gasteiger partial charge in [0.25, 0.3) is 5.91 Å². The van der Waals surface area contributed by atoms with Gasteiger partial charge in [0, 0.05) is 50.3 Å². The molecule has 30 heavy (non-hydrogen) atoms. The van der Waals surface area contributed by atoms with Crippen molar-refractivity contribution in [3.8, 4) is 0 Å². The summed E-state index contributed by atoms with van der Waals surface area (Å²) < 4.78 is 0. The number of benzene rings is 1. The Bertz CT molecular complexity index is 1040. The molecular weight excluding hydrogens is 384 g/mol. The van der Waals surface area contributed by atoms with E-state index < -0.39 is 11.9 Å². The molecule has 3 aliphatic rings. The first kappa shape index (κ1) is 18.7. The maximum Gasteiger partial charge on any atom is 0.255 e. The van der Waals surface area contributed by atoms with E-state index in [2.05, 4.69) is 25.9 Å². The monoisotopic (exact) mass is 406 g/mol. The average molecular weight is 406 g/mol. The molecule has 2 aromatic rings. The number of piperidine rings is 1. The lowest BCUT2D eigenvalue weighted by molar-refractivity contribution is -0.136. The van der Waals surface area contributed by atoms with Crippen LogP contribution in [0.15, 0.2) is 30.5 Å². The minimum atomic E-state index is -0.612. The van der Waals surface area contributed by atoms with E-state index in [0.29, 0.717) is 36.9 Å². The first-order valence-electron chi connectivity index (χ1n) is 10.1. The molecule has 0 saturated carbocycles. The summed E-state index contributed by atoms with van der Waals surface area (Å²) >= 11 is 0. The molecule has 1 aromatic carbocycles. The minimum Gasteiger partial charge on any atom is -0.350 e. The third kappa shape index (κ3) is 3.30. The molecule has 1 aromatic heterocycles. The number of anilines is 1. The Labute approximate surface area is 173 Å². The van der Waals surface area contributed by atoms with E-state index in [-0.39, 0.29) is 18.2 Å². The Morgan fingerprint density at radius 3 is 2.80 bits per heavy atom. The highest BCUT2D eigenvalue weighted by Crippen LogP contribution is 2.30. The number of rotatable bonds is 5. The lowest BCUT2D eigenvalue weighted by Crippen LogP contribution is -2.52. The highest BCUT2D eigenvalue weighted by Gasteiger charge is 2.39. The number of imide groups is 1. The van der Waals surface area contributed by atoms with Gasteiger partial charge in [-0.3, -0.25) is 19.7 Å². The van der Waals surface area contributed by atoms with Crippen LogP contribution in [0.5, 0.6) is 0 Å². The van der Waals surface area contributed by atoms with E-state index in [0.717, 1.165) is 29.9 Å². The van der Waals surface area contributed by atoms with Gasteiger partial charge < -0.3 is 15.5 Å². The van der Waals surface area contributed by atoms with Crippen molar-refractivity contribution >= 4 is 23.7 Å². The van der Waals surface area contributed by atoms with E-state index >= 15 is 0 Å². The Hall–Kier alpha value is -3.33. The van der Waals surface area contributed by atoms with Gasteiger partial charge in [0.2, 0.25) is 17.8 Å². The maximum atomic E-state index is 13.1. The lowest BCUT2D eigenvalue weighted by atomic mass is 9.99. The molecule has 2 saturated heterocycles. The third-order valence-electron chi connectivity index (χ3n) is 5.95. The van der Waals surface area contributed by atoms with Crippen molar-refractivity contribution < 1.29 is 14.4 Å². The minimum absolute atomic E-state index is 0.174. The summed E-state index contributed by atoms with van der Waals surface area (Å²) in [5, 5.41) is 8.80. The first-order valence-corrected chi connectivity index (χ1v) is 10.1. The van der Waals surface area contributed by atoms with Crippen LogP contribution in [0.1, 0.15) is 45.9 Å².